The normalized spacial score (nSPS) is 20.3. The van der Waals surface area contributed by atoms with Crippen LogP contribution >= 0.6 is 11.3 Å². The highest BCUT2D eigenvalue weighted by molar-refractivity contribution is 7.08. The molecule has 1 aliphatic heterocycles. The number of allylic oxidation sites excluding steroid dienone is 1. The predicted molar refractivity (Wildman–Crippen MR) is 52.5 cm³/mol. The van der Waals surface area contributed by atoms with E-state index in [1.807, 2.05) is 22.9 Å². The number of carbonyl (C=O) groups is 1. The van der Waals surface area contributed by atoms with Gasteiger partial charge in [-0.1, -0.05) is 0 Å². The van der Waals surface area contributed by atoms with Crippen LogP contribution < -0.4 is 0 Å². The lowest BCUT2D eigenvalue weighted by Crippen LogP contribution is -2.12. The molecule has 1 saturated heterocycles. The maximum atomic E-state index is 11.1. The first kappa shape index (κ1) is 8.51. The number of Topliss-reactive ketones (excluding diaryl/α,β-unsaturated/α-hetero) is 1. The lowest BCUT2D eigenvalue weighted by atomic mass is 10.1. The minimum absolute atomic E-state index is 0.271. The van der Waals surface area contributed by atoms with E-state index in [4.69, 9.17) is 4.74 Å². The average Bonchev–Trinajstić information content (AvgIpc) is 2.57. The number of thiophene rings is 1. The summed E-state index contributed by atoms with van der Waals surface area (Å²) >= 11 is 1.64. The molecule has 2 nitrogen and oxygen atoms in total. The Morgan fingerprint density at radius 2 is 2.46 bits per heavy atom. The summed E-state index contributed by atoms with van der Waals surface area (Å²) in [6.45, 7) is 0.537. The Morgan fingerprint density at radius 1 is 1.54 bits per heavy atom. The van der Waals surface area contributed by atoms with E-state index < -0.39 is 0 Å². The Hall–Kier alpha value is -1.09. The largest absolute Gasteiger partial charge is 0.497 e. The highest BCUT2D eigenvalue weighted by atomic mass is 32.1. The smallest absolute Gasteiger partial charge is 0.143 e. The van der Waals surface area contributed by atoms with E-state index in [2.05, 4.69) is 0 Å². The molecule has 2 rings (SSSR count). The monoisotopic (exact) mass is 194 g/mol. The molecule has 2 heterocycles. The standard InChI is InChI=1S/C10H10O2S/c11-9-1-3-12-10(6-9)5-8-2-4-13-7-8/h2,4-5,7H,1,3,6H2. The third-order valence-electron chi connectivity index (χ3n) is 1.91. The third-order valence-corrected chi connectivity index (χ3v) is 2.61. The molecule has 1 aliphatic rings. The van der Waals surface area contributed by atoms with E-state index in [0.29, 0.717) is 19.4 Å². The first-order valence-corrected chi connectivity index (χ1v) is 5.16. The van der Waals surface area contributed by atoms with Crippen LogP contribution in [0.5, 0.6) is 0 Å². The quantitative estimate of drug-likeness (QED) is 0.686. The van der Waals surface area contributed by atoms with E-state index in [1.165, 1.54) is 0 Å². The summed E-state index contributed by atoms with van der Waals surface area (Å²) in [5, 5.41) is 4.05. The molecule has 3 heteroatoms. The van der Waals surface area contributed by atoms with Crippen molar-refractivity contribution < 1.29 is 9.53 Å². The van der Waals surface area contributed by atoms with Crippen molar-refractivity contribution in [2.75, 3.05) is 6.61 Å². The summed E-state index contributed by atoms with van der Waals surface area (Å²) in [5.41, 5.74) is 1.12. The molecule has 0 aromatic carbocycles. The van der Waals surface area contributed by atoms with E-state index in [-0.39, 0.29) is 5.78 Å². The number of ether oxygens (including phenoxy) is 1. The van der Waals surface area contributed by atoms with Crippen molar-refractivity contribution in [1.29, 1.82) is 0 Å². The molecule has 0 N–H and O–H groups in total. The first-order chi connectivity index (χ1) is 6.34. The molecule has 0 bridgehead atoms. The summed E-state index contributed by atoms with van der Waals surface area (Å²) in [4.78, 5) is 11.1. The third kappa shape index (κ3) is 2.18. The molecule has 0 aliphatic carbocycles. The second kappa shape index (κ2) is 3.75. The van der Waals surface area contributed by atoms with Gasteiger partial charge in [-0.15, -0.1) is 0 Å². The maximum absolute atomic E-state index is 11.1. The minimum Gasteiger partial charge on any atom is -0.497 e. The maximum Gasteiger partial charge on any atom is 0.143 e. The molecule has 0 spiro atoms. The Morgan fingerprint density at radius 3 is 3.15 bits per heavy atom. The summed E-state index contributed by atoms with van der Waals surface area (Å²) < 4.78 is 5.37. The number of hydrogen-bond donors (Lipinski definition) is 0. The molecule has 0 unspecified atom stereocenters. The number of hydrogen-bond acceptors (Lipinski definition) is 3. The highest BCUT2D eigenvalue weighted by Gasteiger charge is 2.13. The summed E-state index contributed by atoms with van der Waals surface area (Å²) in [7, 11) is 0. The Bertz CT molecular complexity index is 325. The van der Waals surface area contributed by atoms with Crippen molar-refractivity contribution in [3.05, 3.63) is 28.1 Å². The van der Waals surface area contributed by atoms with E-state index in [9.17, 15) is 4.79 Å². The van der Waals surface area contributed by atoms with Gasteiger partial charge in [-0.25, -0.2) is 0 Å². The number of carbonyl (C=O) groups excluding carboxylic acids is 1. The van der Waals surface area contributed by atoms with Crippen LogP contribution in [-0.2, 0) is 9.53 Å². The molecule has 1 aromatic heterocycles. The van der Waals surface area contributed by atoms with Gasteiger partial charge in [0.15, 0.2) is 0 Å². The average molecular weight is 194 g/mol. The van der Waals surface area contributed by atoms with Gasteiger partial charge in [-0.3, -0.25) is 4.79 Å². The van der Waals surface area contributed by atoms with E-state index >= 15 is 0 Å². The zero-order chi connectivity index (χ0) is 9.10. The summed E-state index contributed by atoms with van der Waals surface area (Å²) in [6.07, 6.45) is 2.95. The molecule has 1 aromatic rings. The number of rotatable bonds is 1. The lowest BCUT2D eigenvalue weighted by molar-refractivity contribution is -0.121. The van der Waals surface area contributed by atoms with Crippen LogP contribution in [0.1, 0.15) is 18.4 Å². The molecule has 0 amide bonds. The molecule has 0 radical (unpaired) electrons. The SMILES string of the molecule is O=C1CCOC(=Cc2ccsc2)C1. The molecule has 13 heavy (non-hydrogen) atoms. The van der Waals surface area contributed by atoms with Crippen LogP contribution in [0.25, 0.3) is 6.08 Å². The Kier molecular flexibility index (Phi) is 2.45. The van der Waals surface area contributed by atoms with Crippen LogP contribution in [0.3, 0.4) is 0 Å². The predicted octanol–water partition coefficient (Wildman–Crippen LogP) is 2.47. The van der Waals surface area contributed by atoms with Gasteiger partial charge >= 0.3 is 0 Å². The van der Waals surface area contributed by atoms with Crippen molar-refractivity contribution in [1.82, 2.24) is 0 Å². The van der Waals surface area contributed by atoms with Crippen molar-refractivity contribution in [2.45, 2.75) is 12.8 Å². The van der Waals surface area contributed by atoms with Gasteiger partial charge in [-0.05, 0) is 28.5 Å². The topological polar surface area (TPSA) is 26.3 Å². The first-order valence-electron chi connectivity index (χ1n) is 4.22. The van der Waals surface area contributed by atoms with Gasteiger partial charge in [-0.2, -0.15) is 11.3 Å². The molecule has 0 saturated carbocycles. The molecule has 68 valence electrons. The van der Waals surface area contributed by atoms with Gasteiger partial charge in [0.25, 0.3) is 0 Å². The molecular weight excluding hydrogens is 184 g/mol. The molecule has 0 atom stereocenters. The van der Waals surface area contributed by atoms with E-state index in [0.717, 1.165) is 11.3 Å². The van der Waals surface area contributed by atoms with Gasteiger partial charge in [0, 0.05) is 6.42 Å². The van der Waals surface area contributed by atoms with Crippen LogP contribution in [0.15, 0.2) is 22.6 Å². The zero-order valence-electron chi connectivity index (χ0n) is 7.16. The fourth-order valence-electron chi connectivity index (χ4n) is 1.27. The second-order valence-electron chi connectivity index (χ2n) is 2.98. The van der Waals surface area contributed by atoms with E-state index in [1.54, 1.807) is 11.3 Å². The van der Waals surface area contributed by atoms with Gasteiger partial charge in [0.2, 0.25) is 0 Å². The van der Waals surface area contributed by atoms with Crippen LogP contribution in [-0.4, -0.2) is 12.4 Å². The van der Waals surface area contributed by atoms with Gasteiger partial charge < -0.3 is 4.74 Å². The zero-order valence-corrected chi connectivity index (χ0v) is 7.97. The van der Waals surface area contributed by atoms with Crippen molar-refractivity contribution >= 4 is 23.2 Å². The summed E-state index contributed by atoms with van der Waals surface area (Å²) in [6, 6.07) is 2.01. The molecular formula is C10H10O2S. The Balaban J connectivity index is 2.11. The lowest BCUT2D eigenvalue weighted by Gasteiger charge is -2.14. The fourth-order valence-corrected chi connectivity index (χ4v) is 1.88. The molecule has 1 fully saturated rings. The second-order valence-corrected chi connectivity index (χ2v) is 3.76. The van der Waals surface area contributed by atoms with Crippen molar-refractivity contribution in [2.24, 2.45) is 0 Å². The minimum atomic E-state index is 0.271. The van der Waals surface area contributed by atoms with Crippen LogP contribution in [0.4, 0.5) is 0 Å². The van der Waals surface area contributed by atoms with Crippen LogP contribution in [0.2, 0.25) is 0 Å². The van der Waals surface area contributed by atoms with Crippen molar-refractivity contribution in [3.63, 3.8) is 0 Å². The Labute approximate surface area is 80.8 Å². The van der Waals surface area contributed by atoms with Gasteiger partial charge in [0.05, 0.1) is 13.0 Å². The fraction of sp³-hybridized carbons (Fsp3) is 0.300. The summed E-state index contributed by atoms with van der Waals surface area (Å²) in [5.74, 6) is 1.07. The van der Waals surface area contributed by atoms with Crippen molar-refractivity contribution in [3.8, 4) is 0 Å². The van der Waals surface area contributed by atoms with Gasteiger partial charge in [0.1, 0.15) is 11.5 Å². The highest BCUT2D eigenvalue weighted by Crippen LogP contribution is 2.18. The van der Waals surface area contributed by atoms with Crippen LogP contribution in [0, 0.1) is 0 Å². The number of ketones is 1.